The van der Waals surface area contributed by atoms with Gasteiger partial charge in [-0.1, -0.05) is 13.3 Å². The van der Waals surface area contributed by atoms with Crippen LogP contribution >= 0.6 is 0 Å². The highest BCUT2D eigenvalue weighted by molar-refractivity contribution is 5.06. The Kier molecular flexibility index (Phi) is 3.44. The Labute approximate surface area is 111 Å². The number of rotatable bonds is 5. The lowest BCUT2D eigenvalue weighted by Gasteiger charge is -2.59. The van der Waals surface area contributed by atoms with E-state index in [-0.39, 0.29) is 11.7 Å². The summed E-state index contributed by atoms with van der Waals surface area (Å²) in [5, 5.41) is 20.8. The first-order chi connectivity index (χ1) is 8.60. The third-order valence-corrected chi connectivity index (χ3v) is 5.92. The van der Waals surface area contributed by atoms with Crippen molar-refractivity contribution in [3.8, 4) is 0 Å². The maximum atomic E-state index is 10.9. The van der Waals surface area contributed by atoms with Gasteiger partial charge in [0.05, 0.1) is 11.7 Å². The molecule has 4 saturated carbocycles. The lowest BCUT2D eigenvalue weighted by atomic mass is 9.49. The second kappa shape index (κ2) is 4.79. The normalized spacial score (nSPS) is 47.5. The van der Waals surface area contributed by atoms with Gasteiger partial charge >= 0.3 is 0 Å². The summed E-state index contributed by atoms with van der Waals surface area (Å²) in [5.41, 5.74) is -0.360. The predicted octanol–water partition coefficient (Wildman–Crippen LogP) is 3.11. The lowest BCUT2D eigenvalue weighted by Crippen LogP contribution is -2.57. The van der Waals surface area contributed by atoms with Crippen molar-refractivity contribution in [1.29, 1.82) is 0 Å². The van der Waals surface area contributed by atoms with Crippen LogP contribution in [0.5, 0.6) is 0 Å². The van der Waals surface area contributed by atoms with Gasteiger partial charge in [-0.3, -0.25) is 0 Å². The summed E-state index contributed by atoms with van der Waals surface area (Å²) >= 11 is 0. The van der Waals surface area contributed by atoms with Crippen molar-refractivity contribution in [3.05, 3.63) is 0 Å². The Hall–Kier alpha value is -0.0800. The van der Waals surface area contributed by atoms with E-state index in [0.29, 0.717) is 5.92 Å². The molecule has 0 aromatic rings. The van der Waals surface area contributed by atoms with Gasteiger partial charge in [-0.05, 0) is 75.0 Å². The van der Waals surface area contributed by atoms with E-state index in [4.69, 9.17) is 0 Å². The van der Waals surface area contributed by atoms with Crippen LogP contribution in [0.15, 0.2) is 0 Å². The molecule has 0 saturated heterocycles. The van der Waals surface area contributed by atoms with Crippen LogP contribution in [0.25, 0.3) is 0 Å². The molecule has 18 heavy (non-hydrogen) atoms. The van der Waals surface area contributed by atoms with Crippen LogP contribution in [0, 0.1) is 23.7 Å². The minimum atomic E-state index is -0.360. The van der Waals surface area contributed by atoms with Crippen LogP contribution in [0.3, 0.4) is 0 Å². The molecule has 0 aliphatic heterocycles. The fourth-order valence-electron chi connectivity index (χ4n) is 5.46. The van der Waals surface area contributed by atoms with Gasteiger partial charge < -0.3 is 10.2 Å². The highest BCUT2D eigenvalue weighted by Gasteiger charge is 2.55. The van der Waals surface area contributed by atoms with E-state index >= 15 is 0 Å². The zero-order valence-electron chi connectivity index (χ0n) is 11.6. The van der Waals surface area contributed by atoms with Crippen molar-refractivity contribution >= 4 is 0 Å². The molecule has 4 fully saturated rings. The van der Waals surface area contributed by atoms with Gasteiger partial charge in [0, 0.05) is 0 Å². The molecule has 2 N–H and O–H groups in total. The molecule has 0 radical (unpaired) electrons. The Morgan fingerprint density at radius 3 is 2.33 bits per heavy atom. The van der Waals surface area contributed by atoms with Crippen molar-refractivity contribution in [2.75, 3.05) is 0 Å². The molecule has 0 spiro atoms. The van der Waals surface area contributed by atoms with E-state index < -0.39 is 0 Å². The van der Waals surface area contributed by atoms with Gasteiger partial charge in [0.15, 0.2) is 0 Å². The SMILES string of the molecule is CCCC(O)CCC1C2CC3CC(C2)CC1(O)C3. The van der Waals surface area contributed by atoms with E-state index in [1.807, 2.05) is 0 Å². The molecule has 0 aromatic heterocycles. The summed E-state index contributed by atoms with van der Waals surface area (Å²) in [5.74, 6) is 2.86. The molecule has 104 valence electrons. The van der Waals surface area contributed by atoms with Crippen LogP contribution < -0.4 is 0 Å². The second-order valence-corrected chi connectivity index (χ2v) is 7.34. The minimum Gasteiger partial charge on any atom is -0.393 e. The summed E-state index contributed by atoms with van der Waals surface area (Å²) in [7, 11) is 0. The van der Waals surface area contributed by atoms with Crippen LogP contribution in [0.1, 0.15) is 64.7 Å². The van der Waals surface area contributed by atoms with Gasteiger partial charge in [0.2, 0.25) is 0 Å². The zero-order valence-corrected chi connectivity index (χ0v) is 11.6. The van der Waals surface area contributed by atoms with Crippen molar-refractivity contribution < 1.29 is 10.2 Å². The van der Waals surface area contributed by atoms with Crippen LogP contribution in [-0.2, 0) is 0 Å². The maximum absolute atomic E-state index is 10.9. The fourth-order valence-corrected chi connectivity index (χ4v) is 5.46. The first-order valence-corrected chi connectivity index (χ1v) is 8.01. The Morgan fingerprint density at radius 2 is 1.78 bits per heavy atom. The maximum Gasteiger partial charge on any atom is 0.0683 e. The Bertz CT molecular complexity index is 287. The molecule has 4 atom stereocenters. The van der Waals surface area contributed by atoms with Gasteiger partial charge in [0.25, 0.3) is 0 Å². The van der Waals surface area contributed by atoms with E-state index in [2.05, 4.69) is 6.92 Å². The molecule has 0 amide bonds. The minimum absolute atomic E-state index is 0.143. The van der Waals surface area contributed by atoms with Crippen molar-refractivity contribution in [1.82, 2.24) is 0 Å². The standard InChI is InChI=1S/C16H28O2/c1-2-3-14(17)4-5-15-13-7-11-6-12(8-13)10-16(15,18)9-11/h11-15,17-18H,2-10H2,1H3. The molecule has 4 aliphatic rings. The zero-order chi connectivity index (χ0) is 12.8. The summed E-state index contributed by atoms with van der Waals surface area (Å²) in [6.45, 7) is 2.12. The van der Waals surface area contributed by atoms with E-state index in [1.54, 1.807) is 0 Å². The molecule has 4 aliphatic carbocycles. The molecular weight excluding hydrogens is 224 g/mol. The van der Waals surface area contributed by atoms with Crippen molar-refractivity contribution in [2.45, 2.75) is 76.4 Å². The molecule has 2 nitrogen and oxygen atoms in total. The van der Waals surface area contributed by atoms with Crippen LogP contribution in [0.4, 0.5) is 0 Å². The number of hydrogen-bond acceptors (Lipinski definition) is 2. The third kappa shape index (κ3) is 2.22. The van der Waals surface area contributed by atoms with Gasteiger partial charge in [-0.25, -0.2) is 0 Å². The predicted molar refractivity (Wildman–Crippen MR) is 72.1 cm³/mol. The fraction of sp³-hybridized carbons (Fsp3) is 1.00. The van der Waals surface area contributed by atoms with Crippen LogP contribution in [-0.4, -0.2) is 21.9 Å². The van der Waals surface area contributed by atoms with E-state index in [0.717, 1.165) is 56.3 Å². The van der Waals surface area contributed by atoms with Crippen molar-refractivity contribution in [2.24, 2.45) is 23.7 Å². The summed E-state index contributed by atoms with van der Waals surface area (Å²) in [4.78, 5) is 0. The average Bonchev–Trinajstić information content (AvgIpc) is 2.26. The molecular formula is C16H28O2. The quantitative estimate of drug-likeness (QED) is 0.789. The van der Waals surface area contributed by atoms with Crippen molar-refractivity contribution in [3.63, 3.8) is 0 Å². The summed E-state index contributed by atoms with van der Waals surface area (Å²) in [6.07, 6.45) is 9.96. The first kappa shape index (κ1) is 12.9. The van der Waals surface area contributed by atoms with E-state index in [9.17, 15) is 10.2 Å². The smallest absolute Gasteiger partial charge is 0.0683 e. The van der Waals surface area contributed by atoms with Gasteiger partial charge in [0.1, 0.15) is 0 Å². The number of hydrogen-bond donors (Lipinski definition) is 2. The lowest BCUT2D eigenvalue weighted by molar-refractivity contribution is -0.174. The topological polar surface area (TPSA) is 40.5 Å². The summed E-state index contributed by atoms with van der Waals surface area (Å²) in [6, 6.07) is 0. The number of aliphatic hydroxyl groups excluding tert-OH is 1. The molecule has 2 heteroatoms. The molecule has 0 aromatic carbocycles. The Morgan fingerprint density at radius 1 is 1.11 bits per heavy atom. The monoisotopic (exact) mass is 252 g/mol. The van der Waals surface area contributed by atoms with Gasteiger partial charge in [-0.2, -0.15) is 0 Å². The highest BCUT2D eigenvalue weighted by Crippen LogP contribution is 2.59. The molecule has 4 rings (SSSR count). The average molecular weight is 252 g/mol. The highest BCUT2D eigenvalue weighted by atomic mass is 16.3. The number of aliphatic hydroxyl groups is 2. The largest absolute Gasteiger partial charge is 0.393 e. The first-order valence-electron chi connectivity index (χ1n) is 8.01. The molecule has 4 unspecified atom stereocenters. The van der Waals surface area contributed by atoms with Gasteiger partial charge in [-0.15, -0.1) is 0 Å². The molecule has 4 bridgehead atoms. The van der Waals surface area contributed by atoms with Crippen LogP contribution in [0.2, 0.25) is 0 Å². The second-order valence-electron chi connectivity index (χ2n) is 7.34. The third-order valence-electron chi connectivity index (χ3n) is 5.92. The summed E-state index contributed by atoms with van der Waals surface area (Å²) < 4.78 is 0. The van der Waals surface area contributed by atoms with E-state index in [1.165, 1.54) is 19.3 Å². The Balaban J connectivity index is 1.62. The molecule has 0 heterocycles.